The maximum Gasteiger partial charge on any atom is 0.123 e. The molecule has 0 unspecified atom stereocenters. The minimum absolute atomic E-state index is 0.227. The Morgan fingerprint density at radius 3 is 2.88 bits per heavy atom. The van der Waals surface area contributed by atoms with Gasteiger partial charge >= 0.3 is 0 Å². The van der Waals surface area contributed by atoms with E-state index in [9.17, 15) is 4.39 Å². The van der Waals surface area contributed by atoms with Crippen LogP contribution in [-0.2, 0) is 6.54 Å². The van der Waals surface area contributed by atoms with Crippen molar-refractivity contribution in [3.63, 3.8) is 0 Å². The normalized spacial score (nSPS) is 10.3. The van der Waals surface area contributed by atoms with E-state index >= 15 is 0 Å². The fourth-order valence-corrected chi connectivity index (χ4v) is 1.75. The maximum absolute atomic E-state index is 12.9. The Morgan fingerprint density at radius 1 is 1.35 bits per heavy atom. The Morgan fingerprint density at radius 2 is 2.18 bits per heavy atom. The number of benzene rings is 1. The lowest BCUT2D eigenvalue weighted by Crippen LogP contribution is -2.02. The number of halogens is 2. The van der Waals surface area contributed by atoms with Gasteiger partial charge in [0.2, 0.25) is 0 Å². The molecule has 0 amide bonds. The van der Waals surface area contributed by atoms with E-state index in [2.05, 4.69) is 10.3 Å². The van der Waals surface area contributed by atoms with Crippen molar-refractivity contribution in [1.82, 2.24) is 4.98 Å². The smallest absolute Gasteiger partial charge is 0.123 e. The average molecular weight is 251 g/mol. The third-order valence-corrected chi connectivity index (χ3v) is 2.85. The summed E-state index contributed by atoms with van der Waals surface area (Å²) in [6, 6.07) is 6.51. The Hall–Kier alpha value is -1.61. The zero-order valence-electron chi connectivity index (χ0n) is 9.37. The first-order chi connectivity index (χ1) is 8.16. The molecule has 2 aromatic rings. The van der Waals surface area contributed by atoms with Gasteiger partial charge in [-0.25, -0.2) is 4.39 Å². The zero-order chi connectivity index (χ0) is 12.3. The molecule has 0 atom stereocenters. The summed E-state index contributed by atoms with van der Waals surface area (Å²) in [6.07, 6.45) is 3.30. The Balaban J connectivity index is 2.10. The predicted octanol–water partition coefficient (Wildman–Crippen LogP) is 3.79. The molecule has 0 aliphatic carbocycles. The van der Waals surface area contributed by atoms with Gasteiger partial charge in [0.15, 0.2) is 0 Å². The molecular weight excluding hydrogens is 239 g/mol. The van der Waals surface area contributed by atoms with Crippen LogP contribution in [0.4, 0.5) is 10.1 Å². The lowest BCUT2D eigenvalue weighted by molar-refractivity contribution is 0.627. The minimum Gasteiger partial charge on any atom is -0.381 e. The van der Waals surface area contributed by atoms with Gasteiger partial charge in [-0.05, 0) is 42.3 Å². The van der Waals surface area contributed by atoms with Gasteiger partial charge in [0.05, 0.1) is 5.02 Å². The van der Waals surface area contributed by atoms with Gasteiger partial charge in [-0.2, -0.15) is 0 Å². The first-order valence-electron chi connectivity index (χ1n) is 5.25. The van der Waals surface area contributed by atoms with Crippen molar-refractivity contribution in [3.05, 3.63) is 58.6 Å². The highest BCUT2D eigenvalue weighted by Crippen LogP contribution is 2.19. The molecular formula is C13H12ClFN2. The van der Waals surface area contributed by atoms with Crippen LogP contribution in [-0.4, -0.2) is 4.98 Å². The number of hydrogen-bond acceptors (Lipinski definition) is 2. The number of anilines is 1. The van der Waals surface area contributed by atoms with E-state index in [1.54, 1.807) is 18.5 Å². The molecule has 1 N–H and O–H groups in total. The van der Waals surface area contributed by atoms with Gasteiger partial charge in [-0.1, -0.05) is 11.6 Å². The summed E-state index contributed by atoms with van der Waals surface area (Å²) in [7, 11) is 0. The second kappa shape index (κ2) is 5.15. The van der Waals surface area contributed by atoms with Gasteiger partial charge < -0.3 is 5.32 Å². The summed E-state index contributed by atoms with van der Waals surface area (Å²) in [5.74, 6) is -0.227. The number of nitrogens with one attached hydrogen (secondary N) is 1. The van der Waals surface area contributed by atoms with E-state index in [4.69, 9.17) is 11.6 Å². The number of aryl methyl sites for hydroxylation is 1. The van der Waals surface area contributed by atoms with E-state index in [1.165, 1.54) is 12.1 Å². The highest BCUT2D eigenvalue weighted by atomic mass is 35.5. The van der Waals surface area contributed by atoms with Crippen molar-refractivity contribution in [2.75, 3.05) is 5.32 Å². The molecule has 2 rings (SSSR count). The minimum atomic E-state index is -0.227. The topological polar surface area (TPSA) is 24.9 Å². The summed E-state index contributed by atoms with van der Waals surface area (Å²) in [6.45, 7) is 2.45. The van der Waals surface area contributed by atoms with Gasteiger partial charge in [-0.3, -0.25) is 4.98 Å². The van der Waals surface area contributed by atoms with Crippen LogP contribution in [0.2, 0.25) is 5.02 Å². The van der Waals surface area contributed by atoms with Crippen molar-refractivity contribution < 1.29 is 4.39 Å². The molecule has 0 fully saturated rings. The molecule has 0 radical (unpaired) electrons. The summed E-state index contributed by atoms with van der Waals surface area (Å²) in [5.41, 5.74) is 2.74. The molecule has 17 heavy (non-hydrogen) atoms. The van der Waals surface area contributed by atoms with E-state index in [1.807, 2.05) is 13.0 Å². The molecule has 0 saturated heterocycles. The van der Waals surface area contributed by atoms with Crippen molar-refractivity contribution in [1.29, 1.82) is 0 Å². The molecule has 0 aliphatic rings. The first kappa shape index (κ1) is 11.9. The number of hydrogen-bond donors (Lipinski definition) is 1. The molecule has 88 valence electrons. The van der Waals surface area contributed by atoms with E-state index < -0.39 is 0 Å². The van der Waals surface area contributed by atoms with Crippen molar-refractivity contribution >= 4 is 17.3 Å². The molecule has 4 heteroatoms. The van der Waals surface area contributed by atoms with Crippen LogP contribution in [0.25, 0.3) is 0 Å². The summed E-state index contributed by atoms with van der Waals surface area (Å²) >= 11 is 5.99. The summed E-state index contributed by atoms with van der Waals surface area (Å²) in [4.78, 5) is 3.92. The predicted molar refractivity (Wildman–Crippen MR) is 67.7 cm³/mol. The Labute approximate surface area is 104 Å². The van der Waals surface area contributed by atoms with E-state index in [0.29, 0.717) is 11.6 Å². The lowest BCUT2D eigenvalue weighted by atomic mass is 10.2. The zero-order valence-corrected chi connectivity index (χ0v) is 10.1. The van der Waals surface area contributed by atoms with Crippen LogP contribution in [0.15, 0.2) is 36.7 Å². The third kappa shape index (κ3) is 2.94. The maximum atomic E-state index is 12.9. The molecule has 1 heterocycles. The van der Waals surface area contributed by atoms with Crippen LogP contribution in [0.1, 0.15) is 11.1 Å². The second-order valence-corrected chi connectivity index (χ2v) is 4.19. The molecule has 0 aliphatic heterocycles. The summed E-state index contributed by atoms with van der Waals surface area (Å²) < 4.78 is 12.9. The average Bonchev–Trinajstić information content (AvgIpc) is 2.30. The fraction of sp³-hybridized carbons (Fsp3) is 0.154. The third-order valence-electron chi connectivity index (χ3n) is 2.51. The Kier molecular flexibility index (Phi) is 3.59. The lowest BCUT2D eigenvalue weighted by Gasteiger charge is -2.10. The van der Waals surface area contributed by atoms with Gasteiger partial charge in [-0.15, -0.1) is 0 Å². The van der Waals surface area contributed by atoms with Crippen molar-refractivity contribution in [3.8, 4) is 0 Å². The summed E-state index contributed by atoms with van der Waals surface area (Å²) in [5, 5.41) is 3.84. The van der Waals surface area contributed by atoms with Crippen LogP contribution < -0.4 is 5.32 Å². The number of rotatable bonds is 3. The van der Waals surface area contributed by atoms with Gasteiger partial charge in [0.1, 0.15) is 5.82 Å². The molecule has 1 aromatic heterocycles. The Bertz CT molecular complexity index is 529. The van der Waals surface area contributed by atoms with Crippen LogP contribution in [0.3, 0.4) is 0 Å². The number of nitrogens with zero attached hydrogens (tertiary/aromatic N) is 1. The van der Waals surface area contributed by atoms with Crippen LogP contribution >= 0.6 is 11.6 Å². The number of aromatic nitrogens is 1. The van der Waals surface area contributed by atoms with Crippen LogP contribution in [0.5, 0.6) is 0 Å². The van der Waals surface area contributed by atoms with Crippen molar-refractivity contribution in [2.45, 2.75) is 13.5 Å². The fourth-order valence-electron chi connectivity index (χ4n) is 1.56. The quantitative estimate of drug-likeness (QED) is 0.896. The highest BCUT2D eigenvalue weighted by Gasteiger charge is 2.02. The second-order valence-electron chi connectivity index (χ2n) is 3.78. The van der Waals surface area contributed by atoms with E-state index in [0.717, 1.165) is 16.8 Å². The van der Waals surface area contributed by atoms with Crippen LogP contribution in [0, 0.1) is 12.7 Å². The van der Waals surface area contributed by atoms with Crippen molar-refractivity contribution in [2.24, 2.45) is 0 Å². The van der Waals surface area contributed by atoms with E-state index in [-0.39, 0.29) is 5.82 Å². The molecule has 0 bridgehead atoms. The largest absolute Gasteiger partial charge is 0.381 e. The number of pyridine rings is 1. The van der Waals surface area contributed by atoms with Gasteiger partial charge in [0.25, 0.3) is 0 Å². The highest BCUT2D eigenvalue weighted by molar-refractivity contribution is 6.31. The monoisotopic (exact) mass is 250 g/mol. The standard InChI is InChI=1S/C13H12ClFN2/c1-9-6-11(15)2-3-13(9)17-7-10-4-5-16-8-12(10)14/h2-6,8,17H,7H2,1H3. The first-order valence-corrected chi connectivity index (χ1v) is 5.63. The van der Waals surface area contributed by atoms with Gasteiger partial charge in [0, 0.05) is 24.6 Å². The molecule has 0 saturated carbocycles. The molecule has 2 nitrogen and oxygen atoms in total. The molecule has 1 aromatic carbocycles. The SMILES string of the molecule is Cc1cc(F)ccc1NCc1ccncc1Cl. The molecule has 0 spiro atoms.